The summed E-state index contributed by atoms with van der Waals surface area (Å²) in [6.45, 7) is 2.19. The van der Waals surface area contributed by atoms with Crippen molar-refractivity contribution >= 4 is 11.3 Å². The van der Waals surface area contributed by atoms with Gasteiger partial charge in [-0.3, -0.25) is 4.98 Å². The summed E-state index contributed by atoms with van der Waals surface area (Å²) in [4.78, 5) is 6.89. The summed E-state index contributed by atoms with van der Waals surface area (Å²) >= 11 is 0. The van der Waals surface area contributed by atoms with Crippen LogP contribution in [0.5, 0.6) is 0 Å². The van der Waals surface area contributed by atoms with E-state index in [2.05, 4.69) is 25.1 Å². The average Bonchev–Trinajstić information content (AvgIpc) is 3.01. The van der Waals surface area contributed by atoms with Gasteiger partial charge in [-0.15, -0.1) is 7.05 Å². The van der Waals surface area contributed by atoms with Crippen LogP contribution in [0.4, 0.5) is 5.69 Å². The van der Waals surface area contributed by atoms with Crippen LogP contribution in [0, 0.1) is 19.5 Å². The lowest BCUT2D eigenvalue weighted by atomic mass is 9.87. The topological polar surface area (TPSA) is 21.8 Å². The molecule has 2 aliphatic heterocycles. The molecule has 0 aromatic carbocycles. The van der Waals surface area contributed by atoms with E-state index in [1.807, 2.05) is 12.4 Å². The molecule has 2 atom stereocenters. The van der Waals surface area contributed by atoms with Gasteiger partial charge >= 0.3 is 0 Å². The second-order valence-corrected chi connectivity index (χ2v) is 5.64. The van der Waals surface area contributed by atoms with E-state index >= 15 is 0 Å². The molecule has 2 unspecified atom stereocenters. The maximum absolute atomic E-state index is 4.30. The van der Waals surface area contributed by atoms with Crippen molar-refractivity contribution in [1.29, 1.82) is 0 Å². The van der Waals surface area contributed by atoms with Gasteiger partial charge < -0.3 is 9.80 Å². The van der Waals surface area contributed by atoms with Crippen LogP contribution < -0.4 is 9.80 Å². The molecule has 1 saturated carbocycles. The number of quaternary nitrogens is 2. The SMILES string of the molecule is [CH2-][NH+]1CC2=C(c3cnccc3[NH+]2[CH2-])C2(CC2)C1. The minimum absolute atomic E-state index is 0.405. The summed E-state index contributed by atoms with van der Waals surface area (Å²) in [5, 5.41) is 0. The van der Waals surface area contributed by atoms with Crippen molar-refractivity contribution < 1.29 is 9.80 Å². The van der Waals surface area contributed by atoms with Crippen molar-refractivity contribution in [3.63, 3.8) is 0 Å². The molecule has 0 radical (unpaired) electrons. The highest BCUT2D eigenvalue weighted by atomic mass is 15.2. The van der Waals surface area contributed by atoms with E-state index in [1.54, 1.807) is 5.57 Å². The molecule has 1 spiro atoms. The van der Waals surface area contributed by atoms with E-state index in [0.717, 1.165) is 6.54 Å². The summed E-state index contributed by atoms with van der Waals surface area (Å²) in [5.41, 5.74) is 6.05. The van der Waals surface area contributed by atoms with Crippen LogP contribution >= 0.6 is 0 Å². The fourth-order valence-corrected chi connectivity index (χ4v) is 3.59. The number of fused-ring (bicyclic) bond motifs is 3. The molecular weight excluding hydrogens is 210 g/mol. The van der Waals surface area contributed by atoms with Gasteiger partial charge in [0.15, 0.2) is 0 Å². The standard InChI is InChI=1S/C14H17N3/c1-16-8-12-13(14(9-16)4-5-14)10-7-15-6-3-11(10)17(12)2/h3,6-7,16-17H,1-2,4-5,8-9H2. The third-order valence-electron chi connectivity index (χ3n) is 4.48. The molecule has 0 amide bonds. The van der Waals surface area contributed by atoms with E-state index in [0.29, 0.717) is 5.41 Å². The van der Waals surface area contributed by atoms with Crippen LogP contribution in [0.25, 0.3) is 5.57 Å². The Balaban J connectivity index is 1.94. The monoisotopic (exact) mass is 227 g/mol. The highest BCUT2D eigenvalue weighted by Gasteiger charge is 2.56. The van der Waals surface area contributed by atoms with Gasteiger partial charge in [0.1, 0.15) is 17.9 Å². The van der Waals surface area contributed by atoms with Crippen molar-refractivity contribution in [1.82, 2.24) is 4.98 Å². The molecule has 1 aliphatic carbocycles. The molecule has 0 bridgehead atoms. The molecule has 3 nitrogen and oxygen atoms in total. The third kappa shape index (κ3) is 1.16. The number of nitrogens with zero attached hydrogens (tertiary/aromatic N) is 1. The number of pyridine rings is 1. The molecule has 3 aliphatic rings. The molecule has 0 saturated heterocycles. The zero-order chi connectivity index (χ0) is 11.6. The number of nitrogens with one attached hydrogen (secondary N) is 2. The summed E-state index contributed by atoms with van der Waals surface area (Å²) in [7, 11) is 8.50. The smallest absolute Gasteiger partial charge is 0.144 e. The van der Waals surface area contributed by atoms with Crippen molar-refractivity contribution in [2.24, 2.45) is 5.41 Å². The lowest BCUT2D eigenvalue weighted by molar-refractivity contribution is -0.876. The van der Waals surface area contributed by atoms with Crippen LogP contribution in [0.1, 0.15) is 18.4 Å². The Morgan fingerprint density at radius 2 is 2.12 bits per heavy atom. The van der Waals surface area contributed by atoms with E-state index in [9.17, 15) is 0 Å². The summed E-state index contributed by atoms with van der Waals surface area (Å²) in [6.07, 6.45) is 6.52. The number of aromatic nitrogens is 1. The first-order valence-corrected chi connectivity index (χ1v) is 6.26. The molecular formula is C14H17N3. The zero-order valence-corrected chi connectivity index (χ0v) is 9.92. The first-order chi connectivity index (χ1) is 8.21. The molecule has 1 fully saturated rings. The number of hydrogen-bond donors (Lipinski definition) is 2. The minimum atomic E-state index is 0.405. The molecule has 1 aromatic heterocycles. The molecule has 88 valence electrons. The van der Waals surface area contributed by atoms with Gasteiger partial charge in [0, 0.05) is 29.4 Å². The fraction of sp³-hybridized carbons (Fsp3) is 0.357. The van der Waals surface area contributed by atoms with Crippen LogP contribution in [-0.4, -0.2) is 18.1 Å². The van der Waals surface area contributed by atoms with Crippen molar-refractivity contribution in [2.75, 3.05) is 13.1 Å². The Morgan fingerprint density at radius 3 is 2.88 bits per heavy atom. The molecule has 17 heavy (non-hydrogen) atoms. The lowest BCUT2D eigenvalue weighted by Gasteiger charge is -2.34. The van der Waals surface area contributed by atoms with Crippen LogP contribution in [0.3, 0.4) is 0 Å². The molecule has 2 N–H and O–H groups in total. The highest BCUT2D eigenvalue weighted by molar-refractivity contribution is 5.82. The van der Waals surface area contributed by atoms with Gasteiger partial charge in [0.05, 0.1) is 12.1 Å². The van der Waals surface area contributed by atoms with Gasteiger partial charge in [-0.05, 0) is 12.8 Å². The third-order valence-corrected chi connectivity index (χ3v) is 4.48. The van der Waals surface area contributed by atoms with E-state index < -0.39 is 0 Å². The largest absolute Gasteiger partial charge is 0.459 e. The predicted molar refractivity (Wildman–Crippen MR) is 64.9 cm³/mol. The molecule has 1 aromatic rings. The summed E-state index contributed by atoms with van der Waals surface area (Å²) in [6, 6.07) is 2.11. The summed E-state index contributed by atoms with van der Waals surface area (Å²) in [5.74, 6) is 0. The maximum atomic E-state index is 4.30. The quantitative estimate of drug-likeness (QED) is 0.578. The molecule has 3 heterocycles. The van der Waals surface area contributed by atoms with E-state index in [1.165, 1.54) is 46.1 Å². The Bertz CT molecular complexity index is 528. The lowest BCUT2D eigenvalue weighted by Crippen LogP contribution is -3.13. The zero-order valence-electron chi connectivity index (χ0n) is 9.92. The molecule has 4 rings (SSSR count). The van der Waals surface area contributed by atoms with Crippen LogP contribution in [-0.2, 0) is 0 Å². The molecule has 3 heteroatoms. The number of rotatable bonds is 0. The Hall–Kier alpha value is -1.19. The first-order valence-electron chi connectivity index (χ1n) is 6.26. The van der Waals surface area contributed by atoms with E-state index in [4.69, 9.17) is 0 Å². The van der Waals surface area contributed by atoms with Crippen molar-refractivity contribution in [3.05, 3.63) is 43.8 Å². The average molecular weight is 227 g/mol. The van der Waals surface area contributed by atoms with Crippen LogP contribution in [0.15, 0.2) is 24.2 Å². The van der Waals surface area contributed by atoms with Crippen molar-refractivity contribution in [2.45, 2.75) is 12.8 Å². The second kappa shape index (κ2) is 2.98. The van der Waals surface area contributed by atoms with Gasteiger partial charge in [-0.1, -0.05) is 0 Å². The Morgan fingerprint density at radius 1 is 1.29 bits per heavy atom. The summed E-state index contributed by atoms with van der Waals surface area (Å²) < 4.78 is 0. The van der Waals surface area contributed by atoms with E-state index in [-0.39, 0.29) is 0 Å². The number of hydrogen-bond acceptors (Lipinski definition) is 1. The fourth-order valence-electron chi connectivity index (χ4n) is 3.59. The highest BCUT2D eigenvalue weighted by Crippen LogP contribution is 2.58. The normalized spacial score (nSPS) is 32.6. The van der Waals surface area contributed by atoms with Crippen LogP contribution in [0.2, 0.25) is 0 Å². The van der Waals surface area contributed by atoms with Gasteiger partial charge in [-0.25, -0.2) is 0 Å². The Labute approximate surface area is 102 Å². The van der Waals surface area contributed by atoms with Crippen molar-refractivity contribution in [3.8, 4) is 0 Å². The van der Waals surface area contributed by atoms with Gasteiger partial charge in [0.25, 0.3) is 0 Å². The minimum Gasteiger partial charge on any atom is -0.459 e. The Kier molecular flexibility index (Phi) is 1.72. The predicted octanol–water partition coefficient (Wildman–Crippen LogP) is -0.415. The van der Waals surface area contributed by atoms with Gasteiger partial charge in [-0.2, -0.15) is 7.05 Å². The first kappa shape index (κ1) is 9.80. The van der Waals surface area contributed by atoms with Gasteiger partial charge in [0.2, 0.25) is 0 Å². The second-order valence-electron chi connectivity index (χ2n) is 5.64. The maximum Gasteiger partial charge on any atom is 0.144 e.